The van der Waals surface area contributed by atoms with Gasteiger partial charge in [0.15, 0.2) is 5.78 Å². The molecule has 3 N–H and O–H groups in total. The highest BCUT2D eigenvalue weighted by Crippen LogP contribution is 2.18. The van der Waals surface area contributed by atoms with Crippen molar-refractivity contribution >= 4 is 17.6 Å². The van der Waals surface area contributed by atoms with Crippen LogP contribution in [0.1, 0.15) is 23.2 Å². The first kappa shape index (κ1) is 12.4. The molecule has 1 aliphatic rings. The van der Waals surface area contributed by atoms with E-state index in [1.54, 1.807) is 30.3 Å². The van der Waals surface area contributed by atoms with Crippen LogP contribution in [0.15, 0.2) is 30.3 Å². The highest BCUT2D eigenvalue weighted by atomic mass is 16.2. The van der Waals surface area contributed by atoms with Crippen LogP contribution in [0.4, 0.5) is 0 Å². The zero-order chi connectivity index (χ0) is 13.1. The van der Waals surface area contributed by atoms with Crippen molar-refractivity contribution in [3.63, 3.8) is 0 Å². The smallest absolute Gasteiger partial charge is 0.231 e. The van der Waals surface area contributed by atoms with Crippen molar-refractivity contribution < 1.29 is 14.4 Å². The zero-order valence-electron chi connectivity index (χ0n) is 9.76. The third-order valence-corrected chi connectivity index (χ3v) is 3.08. The zero-order valence-corrected chi connectivity index (χ0v) is 9.76. The van der Waals surface area contributed by atoms with E-state index >= 15 is 0 Å². The normalized spacial score (nSPS) is 21.3. The molecule has 0 bridgehead atoms. The third-order valence-electron chi connectivity index (χ3n) is 3.08. The highest BCUT2D eigenvalue weighted by Gasteiger charge is 2.35. The largest absolute Gasteiger partial charge is 0.321 e. The highest BCUT2D eigenvalue weighted by molar-refractivity contribution is 6.06. The second-order valence-corrected chi connectivity index (χ2v) is 4.31. The molecule has 1 aliphatic heterocycles. The minimum absolute atomic E-state index is 0.228. The van der Waals surface area contributed by atoms with E-state index in [4.69, 9.17) is 5.73 Å². The van der Waals surface area contributed by atoms with Crippen molar-refractivity contribution in [3.8, 4) is 0 Å². The lowest BCUT2D eigenvalue weighted by molar-refractivity contribution is -0.136. The molecule has 18 heavy (non-hydrogen) atoms. The van der Waals surface area contributed by atoms with Gasteiger partial charge in [-0.05, 0) is 6.42 Å². The third kappa shape index (κ3) is 2.46. The summed E-state index contributed by atoms with van der Waals surface area (Å²) in [7, 11) is 0. The summed E-state index contributed by atoms with van der Waals surface area (Å²) < 4.78 is 0. The molecule has 2 amide bonds. The molecule has 2 rings (SSSR count). The second kappa shape index (κ2) is 5.10. The second-order valence-electron chi connectivity index (χ2n) is 4.31. The van der Waals surface area contributed by atoms with Gasteiger partial charge in [0.25, 0.3) is 0 Å². The molecule has 5 heteroatoms. The molecular weight excluding hydrogens is 232 g/mol. The number of hydrogen-bond donors (Lipinski definition) is 2. The predicted octanol–water partition coefficient (Wildman–Crippen LogP) is 0.249. The average Bonchev–Trinajstić information content (AvgIpc) is 2.38. The van der Waals surface area contributed by atoms with Gasteiger partial charge in [0, 0.05) is 12.0 Å². The molecule has 1 aromatic carbocycles. The van der Waals surface area contributed by atoms with E-state index < -0.39 is 17.9 Å². The summed E-state index contributed by atoms with van der Waals surface area (Å²) in [5, 5.41) is 2.21. The van der Waals surface area contributed by atoms with E-state index in [2.05, 4.69) is 5.32 Å². The molecule has 0 radical (unpaired) electrons. The van der Waals surface area contributed by atoms with Crippen LogP contribution in [-0.4, -0.2) is 23.6 Å². The molecule has 0 aromatic heterocycles. The maximum absolute atomic E-state index is 12.1. The standard InChI is InChI=1S/C13H14N2O3/c14-11(9-6-7-10(16)15-13(9)18)12(17)8-4-2-1-3-5-8/h1-5,9,11H,6-7,14H2,(H,15,16,18). The van der Waals surface area contributed by atoms with Crippen molar-refractivity contribution in [1.82, 2.24) is 5.32 Å². The van der Waals surface area contributed by atoms with Crippen LogP contribution in [0.3, 0.4) is 0 Å². The van der Waals surface area contributed by atoms with Gasteiger partial charge in [0.2, 0.25) is 11.8 Å². The van der Waals surface area contributed by atoms with Gasteiger partial charge in [0.1, 0.15) is 0 Å². The Balaban J connectivity index is 2.12. The summed E-state index contributed by atoms with van der Waals surface area (Å²) in [4.78, 5) is 34.7. The fraction of sp³-hybridized carbons (Fsp3) is 0.308. The molecule has 1 saturated heterocycles. The number of imide groups is 1. The van der Waals surface area contributed by atoms with Crippen LogP contribution >= 0.6 is 0 Å². The summed E-state index contributed by atoms with van der Waals surface area (Å²) in [6.07, 6.45) is 0.552. The van der Waals surface area contributed by atoms with Gasteiger partial charge in [0.05, 0.1) is 12.0 Å². The number of nitrogens with two attached hydrogens (primary N) is 1. The number of hydrogen-bond acceptors (Lipinski definition) is 4. The fourth-order valence-electron chi connectivity index (χ4n) is 2.03. The molecule has 5 nitrogen and oxygen atoms in total. The Labute approximate surface area is 104 Å². The first-order valence-corrected chi connectivity index (χ1v) is 5.78. The lowest BCUT2D eigenvalue weighted by Gasteiger charge is -2.25. The van der Waals surface area contributed by atoms with E-state index in [9.17, 15) is 14.4 Å². The number of carbonyl (C=O) groups is 3. The van der Waals surface area contributed by atoms with Crippen LogP contribution < -0.4 is 11.1 Å². The molecule has 0 spiro atoms. The monoisotopic (exact) mass is 246 g/mol. The molecule has 0 saturated carbocycles. The van der Waals surface area contributed by atoms with Gasteiger partial charge in [-0.2, -0.15) is 0 Å². The van der Waals surface area contributed by atoms with Gasteiger partial charge in [-0.3, -0.25) is 19.7 Å². The predicted molar refractivity (Wildman–Crippen MR) is 64.6 cm³/mol. The molecule has 1 fully saturated rings. The van der Waals surface area contributed by atoms with E-state index in [0.29, 0.717) is 12.0 Å². The van der Waals surface area contributed by atoms with Crippen molar-refractivity contribution in [3.05, 3.63) is 35.9 Å². The Hall–Kier alpha value is -2.01. The lowest BCUT2D eigenvalue weighted by atomic mass is 9.87. The van der Waals surface area contributed by atoms with Gasteiger partial charge in [-0.1, -0.05) is 30.3 Å². The number of rotatable bonds is 3. The summed E-state index contributed by atoms with van der Waals surface area (Å²) in [6.45, 7) is 0. The Bertz CT molecular complexity index is 484. The number of ketones is 1. The van der Waals surface area contributed by atoms with E-state index in [0.717, 1.165) is 0 Å². The molecule has 1 heterocycles. The first-order chi connectivity index (χ1) is 8.59. The van der Waals surface area contributed by atoms with E-state index in [1.807, 2.05) is 0 Å². The summed E-state index contributed by atoms with van der Waals surface area (Å²) >= 11 is 0. The van der Waals surface area contributed by atoms with Gasteiger partial charge < -0.3 is 5.73 Å². The van der Waals surface area contributed by atoms with Crippen molar-refractivity contribution in [2.24, 2.45) is 11.7 Å². The molecular formula is C13H14N2O3. The topological polar surface area (TPSA) is 89.3 Å². The summed E-state index contributed by atoms with van der Waals surface area (Å²) in [6, 6.07) is 7.70. The fourth-order valence-corrected chi connectivity index (χ4v) is 2.03. The molecule has 0 aliphatic carbocycles. The van der Waals surface area contributed by atoms with Gasteiger partial charge in [-0.15, -0.1) is 0 Å². The van der Waals surface area contributed by atoms with Gasteiger partial charge >= 0.3 is 0 Å². The van der Waals surface area contributed by atoms with Crippen LogP contribution in [0.2, 0.25) is 0 Å². The van der Waals surface area contributed by atoms with Crippen LogP contribution in [0.5, 0.6) is 0 Å². The van der Waals surface area contributed by atoms with Crippen molar-refractivity contribution in [2.75, 3.05) is 0 Å². The number of Topliss-reactive ketones (excluding diaryl/α,β-unsaturated/α-hetero) is 1. The quantitative estimate of drug-likeness (QED) is 0.591. The Kier molecular flexibility index (Phi) is 3.53. The summed E-state index contributed by atoms with van der Waals surface area (Å²) in [5.74, 6) is -1.67. The van der Waals surface area contributed by atoms with E-state index in [-0.39, 0.29) is 18.1 Å². The maximum atomic E-state index is 12.1. The molecule has 2 unspecified atom stereocenters. The minimum Gasteiger partial charge on any atom is -0.321 e. The number of amides is 2. The summed E-state index contributed by atoms with van der Waals surface area (Å²) in [5.41, 5.74) is 6.32. The maximum Gasteiger partial charge on any atom is 0.231 e. The lowest BCUT2D eigenvalue weighted by Crippen LogP contribution is -2.51. The SMILES string of the molecule is NC(C(=O)c1ccccc1)C1CCC(=O)NC1=O. The molecule has 1 aromatic rings. The number of carbonyl (C=O) groups excluding carboxylic acids is 3. The van der Waals surface area contributed by atoms with Gasteiger partial charge in [-0.25, -0.2) is 0 Å². The Morgan fingerprint density at radius 1 is 1.28 bits per heavy atom. The molecule has 94 valence electrons. The number of piperidine rings is 1. The first-order valence-electron chi connectivity index (χ1n) is 5.78. The molecule has 2 atom stereocenters. The number of benzene rings is 1. The minimum atomic E-state index is -0.902. The van der Waals surface area contributed by atoms with E-state index in [1.165, 1.54) is 0 Å². The average molecular weight is 246 g/mol. The number of nitrogens with one attached hydrogen (secondary N) is 1. The van der Waals surface area contributed by atoms with Crippen LogP contribution in [0.25, 0.3) is 0 Å². The van der Waals surface area contributed by atoms with Crippen molar-refractivity contribution in [1.29, 1.82) is 0 Å². The van der Waals surface area contributed by atoms with Crippen LogP contribution in [-0.2, 0) is 9.59 Å². The van der Waals surface area contributed by atoms with Crippen LogP contribution in [0, 0.1) is 5.92 Å². The Morgan fingerprint density at radius 3 is 2.56 bits per heavy atom. The Morgan fingerprint density at radius 2 is 1.94 bits per heavy atom. The van der Waals surface area contributed by atoms with Crippen molar-refractivity contribution in [2.45, 2.75) is 18.9 Å².